The Labute approximate surface area is 288 Å². The quantitative estimate of drug-likeness (QED) is 0.163. The van der Waals surface area contributed by atoms with Crippen LogP contribution in [0.25, 0.3) is 10.6 Å². The summed E-state index contributed by atoms with van der Waals surface area (Å²) >= 11 is 21.0. The molecule has 4 aromatic heterocycles. The first kappa shape index (κ1) is 35.8. The lowest BCUT2D eigenvalue weighted by Gasteiger charge is -2.39. The number of likely N-dealkylation sites (tertiary alicyclic amines) is 1. The van der Waals surface area contributed by atoms with Gasteiger partial charge in [-0.25, -0.2) is 13.2 Å². The van der Waals surface area contributed by atoms with E-state index in [0.29, 0.717) is 35.4 Å². The summed E-state index contributed by atoms with van der Waals surface area (Å²) in [5.74, 6) is -0.926. The van der Waals surface area contributed by atoms with E-state index in [1.807, 2.05) is 6.07 Å². The molecule has 0 unspecified atom stereocenters. The van der Waals surface area contributed by atoms with Crippen LogP contribution in [0.2, 0.25) is 13.0 Å². The summed E-state index contributed by atoms with van der Waals surface area (Å²) in [5.41, 5.74) is 0.529. The second kappa shape index (κ2) is 16.2. The summed E-state index contributed by atoms with van der Waals surface area (Å²) in [4.78, 5) is 26.4. The highest BCUT2D eigenvalue weighted by Crippen LogP contribution is 2.32. The number of piperidine rings is 1. The molecule has 2 N–H and O–H groups in total. The smallest absolute Gasteiger partial charge is 0.345 e. The van der Waals surface area contributed by atoms with Crippen LogP contribution in [0.5, 0.6) is 0 Å². The van der Waals surface area contributed by atoms with Crippen molar-refractivity contribution in [2.75, 3.05) is 25.4 Å². The van der Waals surface area contributed by atoms with Crippen molar-refractivity contribution in [1.29, 1.82) is 0 Å². The average molecular weight is 754 g/mol. The van der Waals surface area contributed by atoms with Crippen LogP contribution in [0, 0.1) is 0 Å². The van der Waals surface area contributed by atoms with Crippen molar-refractivity contribution in [3.63, 3.8) is 0 Å². The fraction of sp³-hybridized carbons (Fsp3) is 0.393. The Hall–Kier alpha value is -2.01. The van der Waals surface area contributed by atoms with E-state index < -0.39 is 16.0 Å². The topological polar surface area (TPSA) is 133 Å². The molecule has 1 saturated heterocycles. The van der Waals surface area contributed by atoms with Gasteiger partial charge in [-0.2, -0.15) is 4.31 Å². The van der Waals surface area contributed by atoms with Gasteiger partial charge in [0.25, 0.3) is 5.91 Å². The molecule has 5 rings (SSSR count). The molecule has 0 aromatic carbocycles. The molecule has 0 saturated carbocycles. The summed E-state index contributed by atoms with van der Waals surface area (Å²) < 4.78 is 35.7. The molecule has 4 aromatic rings. The zero-order valence-electron chi connectivity index (χ0n) is 24.2. The number of halogens is 3. The molecule has 5 heterocycles. The van der Waals surface area contributed by atoms with Gasteiger partial charge in [0.05, 0.1) is 40.8 Å². The highest BCUT2D eigenvalue weighted by molar-refractivity contribution is 7.89. The number of rotatable bonds is 11. The fourth-order valence-corrected chi connectivity index (χ4v) is 9.04. The van der Waals surface area contributed by atoms with Gasteiger partial charge < -0.3 is 19.8 Å². The number of nitrogens with zero attached hydrogens (tertiary/aromatic N) is 3. The molecular formula is C28H31Cl3N4O6S4. The first-order valence-corrected chi connectivity index (χ1v) is 19.0. The van der Waals surface area contributed by atoms with Gasteiger partial charge in [-0.1, -0.05) is 40.0 Å². The Balaban J connectivity index is 0.000000440. The van der Waals surface area contributed by atoms with Crippen molar-refractivity contribution < 1.29 is 27.6 Å². The average Bonchev–Trinajstić information content (AvgIpc) is 3.80. The standard InChI is InChI=1S/C23H28Cl2N4O4S3.C5H3ClO2S/c1-15(2)28-10-7-17(8-11-28)29(14-16-13-18(33-27-16)19-3-5-21(24)34-19)36(31,32)12-9-26-23(30)20-4-6-22(25)35-20;6-4-2-1-3(9-4)5(7)8/h3-6,13,15,17H,7-12,14H2,1-2H3,(H,26,30);1-2H,(H,7,8). The molecule has 10 nitrogen and oxygen atoms in total. The zero-order valence-corrected chi connectivity index (χ0v) is 29.8. The monoisotopic (exact) mass is 752 g/mol. The van der Waals surface area contributed by atoms with Crippen molar-refractivity contribution in [2.24, 2.45) is 0 Å². The van der Waals surface area contributed by atoms with E-state index in [2.05, 4.69) is 29.2 Å². The van der Waals surface area contributed by atoms with Crippen molar-refractivity contribution in [3.05, 3.63) is 70.9 Å². The fourth-order valence-electron chi connectivity index (χ4n) is 4.62. The van der Waals surface area contributed by atoms with Gasteiger partial charge in [0.15, 0.2) is 5.76 Å². The third-order valence-electron chi connectivity index (χ3n) is 6.91. The molecule has 1 amide bonds. The Kier molecular flexibility index (Phi) is 12.9. The second-order valence-corrected chi connectivity index (χ2v) is 17.5. The summed E-state index contributed by atoms with van der Waals surface area (Å²) in [6.07, 6.45) is 1.45. The summed E-state index contributed by atoms with van der Waals surface area (Å²) in [7, 11) is -3.70. The van der Waals surface area contributed by atoms with E-state index in [1.54, 1.807) is 30.3 Å². The summed E-state index contributed by atoms with van der Waals surface area (Å²) in [6.45, 7) is 6.03. The third-order valence-corrected chi connectivity index (χ3v) is 12.5. The first-order chi connectivity index (χ1) is 21.3. The van der Waals surface area contributed by atoms with Gasteiger partial charge in [-0.15, -0.1) is 34.0 Å². The third kappa shape index (κ3) is 10.2. The number of carboxylic acids is 1. The first-order valence-electron chi connectivity index (χ1n) is 13.8. The molecule has 0 bridgehead atoms. The SMILES string of the molecule is CC(C)N1CCC(N(Cc2cc(-c3ccc(Cl)s3)on2)S(=O)(=O)CCNC(=O)c2ccc(Cl)s2)CC1.O=C(O)c1ccc(Cl)s1. The minimum absolute atomic E-state index is 0.00418. The number of sulfonamides is 1. The number of amides is 1. The number of carbonyl (C=O) groups is 2. The van der Waals surface area contributed by atoms with Crippen LogP contribution >= 0.6 is 68.8 Å². The molecule has 1 aliphatic heterocycles. The highest BCUT2D eigenvalue weighted by atomic mass is 35.5. The van der Waals surface area contributed by atoms with Crippen LogP contribution in [0.3, 0.4) is 0 Å². The van der Waals surface area contributed by atoms with Crippen molar-refractivity contribution in [3.8, 4) is 10.6 Å². The van der Waals surface area contributed by atoms with E-state index in [4.69, 9.17) is 44.4 Å². The van der Waals surface area contributed by atoms with Crippen molar-refractivity contribution in [1.82, 2.24) is 19.7 Å². The molecule has 17 heteroatoms. The number of thiophene rings is 3. The van der Waals surface area contributed by atoms with Crippen molar-refractivity contribution in [2.45, 2.75) is 45.3 Å². The van der Waals surface area contributed by atoms with E-state index in [0.717, 1.165) is 53.5 Å². The number of carbonyl (C=O) groups excluding carboxylic acids is 1. The largest absolute Gasteiger partial charge is 0.477 e. The van der Waals surface area contributed by atoms with Gasteiger partial charge in [0.2, 0.25) is 10.0 Å². The maximum Gasteiger partial charge on any atom is 0.345 e. The molecule has 0 spiro atoms. The number of hydrogen-bond acceptors (Lipinski definition) is 10. The van der Waals surface area contributed by atoms with Crippen LogP contribution in [-0.4, -0.2) is 77.2 Å². The zero-order chi connectivity index (χ0) is 32.7. The van der Waals surface area contributed by atoms with Gasteiger partial charge in [-0.3, -0.25) is 4.79 Å². The predicted octanol–water partition coefficient (Wildman–Crippen LogP) is 7.31. The van der Waals surface area contributed by atoms with Crippen LogP contribution in [-0.2, 0) is 16.6 Å². The van der Waals surface area contributed by atoms with Gasteiger partial charge in [0, 0.05) is 24.7 Å². The summed E-state index contributed by atoms with van der Waals surface area (Å²) in [5, 5.41) is 15.2. The lowest BCUT2D eigenvalue weighted by Crippen LogP contribution is -2.49. The van der Waals surface area contributed by atoms with Crippen LogP contribution < -0.4 is 5.32 Å². The lowest BCUT2D eigenvalue weighted by molar-refractivity contribution is 0.0701. The Bertz CT molecular complexity index is 1690. The molecule has 0 atom stereocenters. The van der Waals surface area contributed by atoms with Gasteiger partial charge in [-0.05, 0) is 76.2 Å². The molecule has 0 radical (unpaired) electrons. The molecule has 45 heavy (non-hydrogen) atoms. The van der Waals surface area contributed by atoms with E-state index in [-0.39, 0.29) is 35.7 Å². The Morgan fingerprint density at radius 1 is 1.02 bits per heavy atom. The van der Waals surface area contributed by atoms with Crippen LogP contribution in [0.15, 0.2) is 47.0 Å². The molecular weight excluding hydrogens is 723 g/mol. The highest BCUT2D eigenvalue weighted by Gasteiger charge is 2.34. The molecule has 1 fully saturated rings. The maximum absolute atomic E-state index is 13.5. The van der Waals surface area contributed by atoms with Crippen molar-refractivity contribution >= 4 is 90.7 Å². The molecule has 0 aliphatic carbocycles. The maximum atomic E-state index is 13.5. The molecule has 244 valence electrons. The number of aromatic carboxylic acids is 1. The minimum Gasteiger partial charge on any atom is -0.477 e. The van der Waals surface area contributed by atoms with E-state index in [9.17, 15) is 18.0 Å². The number of carboxylic acid groups (broad SMARTS) is 1. The van der Waals surface area contributed by atoms with E-state index in [1.165, 1.54) is 21.7 Å². The van der Waals surface area contributed by atoms with Crippen LogP contribution in [0.1, 0.15) is 51.7 Å². The number of aromatic nitrogens is 1. The second-order valence-electron chi connectivity index (χ2n) is 10.3. The Morgan fingerprint density at radius 2 is 1.62 bits per heavy atom. The Morgan fingerprint density at radius 3 is 2.13 bits per heavy atom. The normalized spacial score (nSPS) is 14.5. The van der Waals surface area contributed by atoms with Gasteiger partial charge in [0.1, 0.15) is 4.88 Å². The van der Waals surface area contributed by atoms with Crippen LogP contribution in [0.4, 0.5) is 0 Å². The number of hydrogen-bond donors (Lipinski definition) is 2. The van der Waals surface area contributed by atoms with E-state index >= 15 is 0 Å². The number of nitrogens with one attached hydrogen (secondary N) is 1. The lowest BCUT2D eigenvalue weighted by atomic mass is 10.0. The predicted molar refractivity (Wildman–Crippen MR) is 182 cm³/mol. The summed E-state index contributed by atoms with van der Waals surface area (Å²) in [6, 6.07) is 11.9. The minimum atomic E-state index is -3.70. The molecule has 1 aliphatic rings. The van der Waals surface area contributed by atoms with Gasteiger partial charge >= 0.3 is 5.97 Å².